The first-order chi connectivity index (χ1) is 7.19. The molecule has 0 radical (unpaired) electrons. The molecule has 0 aromatic carbocycles. The van der Waals surface area contributed by atoms with Gasteiger partial charge in [0.2, 0.25) is 0 Å². The molecule has 0 saturated carbocycles. The van der Waals surface area contributed by atoms with Gasteiger partial charge in [0, 0.05) is 30.9 Å². The Labute approximate surface area is 92.9 Å². The van der Waals surface area contributed by atoms with Crippen molar-refractivity contribution >= 4 is 0 Å². The van der Waals surface area contributed by atoms with Crippen molar-refractivity contribution < 1.29 is 0 Å². The van der Waals surface area contributed by atoms with Gasteiger partial charge in [-0.2, -0.15) is 0 Å². The Morgan fingerprint density at radius 3 is 2.67 bits per heavy atom. The van der Waals surface area contributed by atoms with Crippen molar-refractivity contribution in [2.45, 2.75) is 52.6 Å². The molecule has 0 aliphatic carbocycles. The lowest BCUT2D eigenvalue weighted by Gasteiger charge is -2.18. The Morgan fingerprint density at radius 2 is 2.13 bits per heavy atom. The van der Waals surface area contributed by atoms with Crippen LogP contribution in [0, 0.1) is 0 Å². The average molecular weight is 209 g/mol. The molecular weight excluding hydrogens is 186 g/mol. The third-order valence-corrected chi connectivity index (χ3v) is 2.67. The van der Waals surface area contributed by atoms with Crippen LogP contribution >= 0.6 is 0 Å². The first-order valence-corrected chi connectivity index (χ1v) is 5.93. The van der Waals surface area contributed by atoms with Gasteiger partial charge in [0.25, 0.3) is 0 Å². The molecule has 0 aliphatic rings. The van der Waals surface area contributed by atoms with Crippen molar-refractivity contribution in [1.82, 2.24) is 14.9 Å². The fraction of sp³-hybridized carbons (Fsp3) is 0.750. The summed E-state index contributed by atoms with van der Waals surface area (Å²) in [6, 6.07) is 0.557. The van der Waals surface area contributed by atoms with Gasteiger partial charge in [-0.25, -0.2) is 4.98 Å². The molecule has 1 rings (SSSR count). The van der Waals surface area contributed by atoms with E-state index in [9.17, 15) is 0 Å². The van der Waals surface area contributed by atoms with E-state index >= 15 is 0 Å². The molecule has 1 unspecified atom stereocenters. The molecule has 0 bridgehead atoms. The maximum Gasteiger partial charge on any atom is 0.111 e. The zero-order valence-electron chi connectivity index (χ0n) is 10.3. The lowest BCUT2D eigenvalue weighted by atomic mass is 10.2. The maximum absolute atomic E-state index is 4.40. The van der Waals surface area contributed by atoms with E-state index in [-0.39, 0.29) is 0 Å². The molecule has 1 aromatic rings. The summed E-state index contributed by atoms with van der Waals surface area (Å²) in [6.07, 6.45) is 5.13. The fourth-order valence-electron chi connectivity index (χ4n) is 1.84. The second-order valence-electron chi connectivity index (χ2n) is 4.26. The van der Waals surface area contributed by atoms with Crippen molar-refractivity contribution in [1.29, 1.82) is 0 Å². The Hall–Kier alpha value is -0.830. The zero-order valence-corrected chi connectivity index (χ0v) is 10.3. The van der Waals surface area contributed by atoms with Crippen molar-refractivity contribution in [2.24, 2.45) is 0 Å². The minimum Gasteiger partial charge on any atom is -0.333 e. The Morgan fingerprint density at radius 1 is 1.40 bits per heavy atom. The summed E-state index contributed by atoms with van der Waals surface area (Å²) in [5, 5.41) is 3.49. The van der Waals surface area contributed by atoms with Crippen LogP contribution in [0.2, 0.25) is 0 Å². The molecule has 86 valence electrons. The number of hydrogen-bond donors (Lipinski definition) is 1. The molecule has 1 N–H and O–H groups in total. The maximum atomic E-state index is 4.40. The van der Waals surface area contributed by atoms with Gasteiger partial charge >= 0.3 is 0 Å². The Balaban J connectivity index is 2.65. The normalized spacial score (nSPS) is 13.4. The van der Waals surface area contributed by atoms with Crippen LogP contribution in [-0.4, -0.2) is 22.1 Å². The summed E-state index contributed by atoms with van der Waals surface area (Å²) in [5.41, 5.74) is 0. The second kappa shape index (κ2) is 5.91. The second-order valence-corrected chi connectivity index (χ2v) is 4.26. The van der Waals surface area contributed by atoms with E-state index < -0.39 is 0 Å². The van der Waals surface area contributed by atoms with Gasteiger partial charge in [0.1, 0.15) is 5.82 Å². The highest BCUT2D eigenvalue weighted by Gasteiger charge is 2.10. The smallest absolute Gasteiger partial charge is 0.111 e. The van der Waals surface area contributed by atoms with E-state index in [0.717, 1.165) is 19.5 Å². The van der Waals surface area contributed by atoms with Crippen LogP contribution < -0.4 is 5.32 Å². The monoisotopic (exact) mass is 209 g/mol. The van der Waals surface area contributed by atoms with Gasteiger partial charge in [-0.1, -0.05) is 27.7 Å². The van der Waals surface area contributed by atoms with Crippen molar-refractivity contribution in [3.8, 4) is 0 Å². The molecule has 0 saturated heterocycles. The van der Waals surface area contributed by atoms with E-state index in [1.807, 2.05) is 6.20 Å². The molecule has 0 spiro atoms. The fourth-order valence-corrected chi connectivity index (χ4v) is 1.84. The summed E-state index contributed by atoms with van der Waals surface area (Å²) in [5.74, 6) is 1.69. The van der Waals surface area contributed by atoms with Gasteiger partial charge in [-0.3, -0.25) is 0 Å². The molecular formula is C12H23N3. The van der Waals surface area contributed by atoms with Crippen molar-refractivity contribution in [3.63, 3.8) is 0 Å². The molecule has 15 heavy (non-hydrogen) atoms. The topological polar surface area (TPSA) is 29.9 Å². The number of nitrogens with zero attached hydrogens (tertiary/aromatic N) is 2. The first-order valence-electron chi connectivity index (χ1n) is 5.93. The van der Waals surface area contributed by atoms with Gasteiger partial charge in [0.05, 0.1) is 0 Å². The molecule has 3 nitrogen and oxygen atoms in total. The number of imidazole rings is 1. The molecule has 0 amide bonds. The van der Waals surface area contributed by atoms with E-state index in [1.54, 1.807) is 0 Å². The molecule has 1 heterocycles. The van der Waals surface area contributed by atoms with Crippen LogP contribution in [0.4, 0.5) is 0 Å². The number of hydrogen-bond acceptors (Lipinski definition) is 2. The summed E-state index contributed by atoms with van der Waals surface area (Å²) >= 11 is 0. The van der Waals surface area contributed by atoms with Crippen LogP contribution in [0.15, 0.2) is 12.4 Å². The van der Waals surface area contributed by atoms with Crippen LogP contribution in [0.1, 0.15) is 45.9 Å². The quantitative estimate of drug-likeness (QED) is 0.779. The Bertz CT molecular complexity index is 278. The van der Waals surface area contributed by atoms with Gasteiger partial charge < -0.3 is 9.88 Å². The third-order valence-electron chi connectivity index (χ3n) is 2.67. The lowest BCUT2D eigenvalue weighted by molar-refractivity contribution is 0.435. The summed E-state index contributed by atoms with van der Waals surface area (Å²) in [6.45, 7) is 10.8. The first kappa shape index (κ1) is 12.2. The molecule has 0 fully saturated rings. The van der Waals surface area contributed by atoms with Crippen LogP contribution in [0.25, 0.3) is 0 Å². The van der Waals surface area contributed by atoms with Crippen LogP contribution in [0.3, 0.4) is 0 Å². The molecule has 3 heteroatoms. The SMILES string of the molecule is CCNC(CC)Cn1ccnc1C(C)C. The van der Waals surface area contributed by atoms with Gasteiger partial charge in [-0.15, -0.1) is 0 Å². The van der Waals surface area contributed by atoms with E-state index in [1.165, 1.54) is 5.82 Å². The minimum absolute atomic E-state index is 0.499. The number of rotatable bonds is 6. The number of nitrogens with one attached hydrogen (secondary N) is 1. The van der Waals surface area contributed by atoms with E-state index in [4.69, 9.17) is 0 Å². The highest BCUT2D eigenvalue weighted by atomic mass is 15.1. The van der Waals surface area contributed by atoms with Crippen LogP contribution in [-0.2, 0) is 6.54 Å². The zero-order chi connectivity index (χ0) is 11.3. The Kier molecular flexibility index (Phi) is 4.82. The lowest BCUT2D eigenvalue weighted by Crippen LogP contribution is -2.32. The van der Waals surface area contributed by atoms with Crippen molar-refractivity contribution in [3.05, 3.63) is 18.2 Å². The molecule has 1 aromatic heterocycles. The summed E-state index contributed by atoms with van der Waals surface area (Å²) in [4.78, 5) is 4.40. The summed E-state index contributed by atoms with van der Waals surface area (Å²) in [7, 11) is 0. The largest absolute Gasteiger partial charge is 0.333 e. The molecule has 1 atom stereocenters. The van der Waals surface area contributed by atoms with Crippen molar-refractivity contribution in [2.75, 3.05) is 6.54 Å². The van der Waals surface area contributed by atoms with Crippen LogP contribution in [0.5, 0.6) is 0 Å². The van der Waals surface area contributed by atoms with Gasteiger partial charge in [-0.05, 0) is 13.0 Å². The predicted octanol–water partition coefficient (Wildman–Crippen LogP) is 2.39. The molecule has 0 aliphatic heterocycles. The minimum atomic E-state index is 0.499. The standard InChI is InChI=1S/C12H23N3/c1-5-11(13-6-2)9-15-8-7-14-12(15)10(3)4/h7-8,10-11,13H,5-6,9H2,1-4H3. The third kappa shape index (κ3) is 3.34. The van der Waals surface area contributed by atoms with E-state index in [0.29, 0.717) is 12.0 Å². The predicted molar refractivity (Wildman–Crippen MR) is 64.1 cm³/mol. The highest BCUT2D eigenvalue weighted by molar-refractivity contribution is 4.98. The van der Waals surface area contributed by atoms with Gasteiger partial charge in [0.15, 0.2) is 0 Å². The number of likely N-dealkylation sites (N-methyl/N-ethyl adjacent to an activating group) is 1. The average Bonchev–Trinajstić information content (AvgIpc) is 2.65. The van der Waals surface area contributed by atoms with E-state index in [2.05, 4.69) is 48.8 Å². The number of aromatic nitrogens is 2. The summed E-state index contributed by atoms with van der Waals surface area (Å²) < 4.78 is 2.27. The highest BCUT2D eigenvalue weighted by Crippen LogP contribution is 2.12.